The molecular weight excluding hydrogens is 360 g/mol. The fourth-order valence-corrected chi connectivity index (χ4v) is 3.93. The number of carboxylic acids is 1. The van der Waals surface area contributed by atoms with E-state index in [1.165, 1.54) is 6.07 Å². The second-order valence-electron chi connectivity index (χ2n) is 6.67. The zero-order valence-electron chi connectivity index (χ0n) is 15.2. The van der Waals surface area contributed by atoms with E-state index in [0.717, 1.165) is 4.90 Å². The summed E-state index contributed by atoms with van der Waals surface area (Å²) in [4.78, 5) is 50.3. The van der Waals surface area contributed by atoms with Crippen molar-refractivity contribution in [2.24, 2.45) is 11.7 Å². The van der Waals surface area contributed by atoms with Gasteiger partial charge in [-0.25, -0.2) is 0 Å². The molecule has 144 valence electrons. The Kier molecular flexibility index (Phi) is 5.26. The van der Waals surface area contributed by atoms with Crippen LogP contribution in [0, 0.1) is 5.92 Å². The van der Waals surface area contributed by atoms with E-state index in [0.29, 0.717) is 11.1 Å². The van der Waals surface area contributed by atoms with Crippen molar-refractivity contribution in [3.63, 3.8) is 0 Å². The maximum absolute atomic E-state index is 13.1. The van der Waals surface area contributed by atoms with E-state index < -0.39 is 41.6 Å². The van der Waals surface area contributed by atoms with Crippen LogP contribution in [0.1, 0.15) is 46.8 Å². The van der Waals surface area contributed by atoms with Gasteiger partial charge in [0.15, 0.2) is 0 Å². The Morgan fingerprint density at radius 1 is 1.07 bits per heavy atom. The SMILES string of the molecule is CCC(C(=O)O)C1c2ccccc2C(=O)N(C(=O)C(N)=O)C1c1ccccc1. The molecular formula is C21H20N2O5. The minimum Gasteiger partial charge on any atom is -0.481 e. The Balaban J connectivity index is 2.32. The minimum absolute atomic E-state index is 0.203. The molecule has 0 saturated carbocycles. The lowest BCUT2D eigenvalue weighted by atomic mass is 9.72. The fourth-order valence-electron chi connectivity index (χ4n) is 3.93. The summed E-state index contributed by atoms with van der Waals surface area (Å²) >= 11 is 0. The zero-order chi connectivity index (χ0) is 20.4. The third-order valence-corrected chi connectivity index (χ3v) is 5.15. The predicted molar refractivity (Wildman–Crippen MR) is 100 cm³/mol. The van der Waals surface area contributed by atoms with Crippen molar-refractivity contribution in [3.05, 3.63) is 71.3 Å². The van der Waals surface area contributed by atoms with Gasteiger partial charge in [0.25, 0.3) is 5.91 Å². The van der Waals surface area contributed by atoms with Gasteiger partial charge in [-0.05, 0) is 23.6 Å². The molecule has 0 saturated heterocycles. The van der Waals surface area contributed by atoms with Gasteiger partial charge >= 0.3 is 17.8 Å². The molecule has 0 fully saturated rings. The Labute approximate surface area is 161 Å². The summed E-state index contributed by atoms with van der Waals surface area (Å²) in [5.74, 6) is -5.71. The Bertz CT molecular complexity index is 941. The van der Waals surface area contributed by atoms with E-state index in [9.17, 15) is 24.3 Å². The summed E-state index contributed by atoms with van der Waals surface area (Å²) in [7, 11) is 0. The highest BCUT2D eigenvalue weighted by Gasteiger charge is 2.48. The largest absolute Gasteiger partial charge is 0.481 e. The molecule has 0 aliphatic carbocycles. The molecule has 1 heterocycles. The molecule has 1 aliphatic heterocycles. The number of nitrogens with two attached hydrogens (primary N) is 1. The third-order valence-electron chi connectivity index (χ3n) is 5.15. The lowest BCUT2D eigenvalue weighted by Crippen LogP contribution is -2.52. The standard InChI is InChI=1S/C21H20N2O5/c1-2-13(21(27)28)16-14-10-6-7-11-15(14)19(25)23(20(26)18(22)24)17(16)12-8-4-3-5-9-12/h3-11,13,16-17H,2H2,1H3,(H2,22,24)(H,27,28). The van der Waals surface area contributed by atoms with Crippen LogP contribution in [0.3, 0.4) is 0 Å². The predicted octanol–water partition coefficient (Wildman–Crippen LogP) is 2.09. The molecule has 0 spiro atoms. The fraction of sp³-hybridized carbons (Fsp3) is 0.238. The van der Waals surface area contributed by atoms with E-state index in [1.807, 2.05) is 0 Å². The van der Waals surface area contributed by atoms with Gasteiger partial charge in [0.05, 0.1) is 12.0 Å². The summed E-state index contributed by atoms with van der Waals surface area (Å²) in [5.41, 5.74) is 6.51. The van der Waals surface area contributed by atoms with Gasteiger partial charge in [-0.2, -0.15) is 0 Å². The number of aliphatic carboxylic acids is 1. The lowest BCUT2D eigenvalue weighted by Gasteiger charge is -2.42. The Morgan fingerprint density at radius 2 is 1.68 bits per heavy atom. The maximum atomic E-state index is 13.1. The van der Waals surface area contributed by atoms with E-state index >= 15 is 0 Å². The van der Waals surface area contributed by atoms with Crippen LogP contribution in [0.2, 0.25) is 0 Å². The molecule has 7 heteroatoms. The van der Waals surface area contributed by atoms with Crippen LogP contribution in [-0.2, 0) is 14.4 Å². The van der Waals surface area contributed by atoms with E-state index in [2.05, 4.69) is 0 Å². The van der Waals surface area contributed by atoms with Crippen LogP contribution in [0.5, 0.6) is 0 Å². The van der Waals surface area contributed by atoms with Crippen LogP contribution in [0.15, 0.2) is 54.6 Å². The van der Waals surface area contributed by atoms with Crippen LogP contribution in [0.25, 0.3) is 0 Å². The molecule has 0 aromatic heterocycles. The first-order valence-electron chi connectivity index (χ1n) is 8.92. The number of carboxylic acid groups (broad SMARTS) is 1. The average Bonchev–Trinajstić information content (AvgIpc) is 2.69. The summed E-state index contributed by atoms with van der Waals surface area (Å²) in [5, 5.41) is 9.84. The number of carbonyl (C=O) groups is 4. The normalized spacial score (nSPS) is 19.6. The van der Waals surface area contributed by atoms with Crippen LogP contribution in [-0.4, -0.2) is 33.7 Å². The number of rotatable bonds is 4. The highest BCUT2D eigenvalue weighted by Crippen LogP contribution is 2.47. The molecule has 3 unspecified atom stereocenters. The number of hydrogen-bond acceptors (Lipinski definition) is 4. The van der Waals surface area contributed by atoms with Crippen molar-refractivity contribution < 1.29 is 24.3 Å². The second kappa shape index (κ2) is 7.64. The van der Waals surface area contributed by atoms with Crippen LogP contribution in [0.4, 0.5) is 0 Å². The number of hydrogen-bond donors (Lipinski definition) is 2. The number of carbonyl (C=O) groups excluding carboxylic acids is 3. The third kappa shape index (κ3) is 3.15. The van der Waals surface area contributed by atoms with Crippen molar-refractivity contribution in [3.8, 4) is 0 Å². The summed E-state index contributed by atoms with van der Waals surface area (Å²) in [6.45, 7) is 1.74. The molecule has 0 bridgehead atoms. The first-order valence-corrected chi connectivity index (χ1v) is 8.92. The van der Waals surface area contributed by atoms with E-state index in [-0.39, 0.29) is 12.0 Å². The molecule has 3 rings (SSSR count). The van der Waals surface area contributed by atoms with Crippen molar-refractivity contribution in [1.29, 1.82) is 0 Å². The summed E-state index contributed by atoms with van der Waals surface area (Å²) in [6, 6.07) is 14.3. The van der Waals surface area contributed by atoms with Gasteiger partial charge in [-0.1, -0.05) is 55.5 Å². The first kappa shape index (κ1) is 19.3. The Morgan fingerprint density at radius 3 is 2.25 bits per heavy atom. The lowest BCUT2D eigenvalue weighted by molar-refractivity contribution is -0.147. The topological polar surface area (TPSA) is 118 Å². The molecule has 1 aliphatic rings. The molecule has 28 heavy (non-hydrogen) atoms. The molecule has 2 aromatic carbocycles. The zero-order valence-corrected chi connectivity index (χ0v) is 15.2. The Hall–Kier alpha value is -3.48. The number of fused-ring (bicyclic) bond motifs is 1. The number of benzene rings is 2. The summed E-state index contributed by atoms with van der Waals surface area (Å²) in [6.07, 6.45) is 0.282. The van der Waals surface area contributed by atoms with Crippen molar-refractivity contribution in [2.75, 3.05) is 0 Å². The van der Waals surface area contributed by atoms with Gasteiger partial charge in [-0.3, -0.25) is 24.1 Å². The molecule has 2 aromatic rings. The first-order chi connectivity index (χ1) is 13.4. The average molecular weight is 380 g/mol. The number of amides is 3. The van der Waals surface area contributed by atoms with Gasteiger partial charge < -0.3 is 10.8 Å². The highest BCUT2D eigenvalue weighted by molar-refractivity contribution is 6.38. The maximum Gasteiger partial charge on any atom is 0.319 e. The number of imide groups is 1. The van der Waals surface area contributed by atoms with Crippen molar-refractivity contribution in [1.82, 2.24) is 4.90 Å². The smallest absolute Gasteiger partial charge is 0.319 e. The van der Waals surface area contributed by atoms with E-state index in [1.54, 1.807) is 55.5 Å². The molecule has 3 atom stereocenters. The van der Waals surface area contributed by atoms with Crippen molar-refractivity contribution in [2.45, 2.75) is 25.3 Å². The van der Waals surface area contributed by atoms with Gasteiger partial charge in [0, 0.05) is 11.5 Å². The van der Waals surface area contributed by atoms with Crippen molar-refractivity contribution >= 4 is 23.7 Å². The number of nitrogens with zero attached hydrogens (tertiary/aromatic N) is 1. The van der Waals surface area contributed by atoms with E-state index in [4.69, 9.17) is 5.73 Å². The quantitative estimate of drug-likeness (QED) is 0.788. The second-order valence-corrected chi connectivity index (χ2v) is 6.67. The van der Waals surface area contributed by atoms with Crippen LogP contribution >= 0.6 is 0 Å². The minimum atomic E-state index is -1.27. The monoisotopic (exact) mass is 380 g/mol. The molecule has 7 nitrogen and oxygen atoms in total. The van der Waals surface area contributed by atoms with Gasteiger partial charge in [0.2, 0.25) is 0 Å². The van der Waals surface area contributed by atoms with Gasteiger partial charge in [-0.15, -0.1) is 0 Å². The molecule has 3 N–H and O–H groups in total. The molecule has 0 radical (unpaired) electrons. The molecule has 3 amide bonds. The number of primary amides is 1. The van der Waals surface area contributed by atoms with Crippen LogP contribution < -0.4 is 5.73 Å². The highest BCUT2D eigenvalue weighted by atomic mass is 16.4. The summed E-state index contributed by atoms with van der Waals surface area (Å²) < 4.78 is 0. The van der Waals surface area contributed by atoms with Gasteiger partial charge in [0.1, 0.15) is 0 Å².